The molecule has 1 aromatic carbocycles. The third-order valence-electron chi connectivity index (χ3n) is 3.22. The smallest absolute Gasteiger partial charge is 0.273 e. The predicted molar refractivity (Wildman–Crippen MR) is 89.5 cm³/mol. The van der Waals surface area contributed by atoms with E-state index in [2.05, 4.69) is 5.32 Å². The number of aryl methyl sites for hydroxylation is 1. The molecule has 23 heavy (non-hydrogen) atoms. The molecule has 1 N–H and O–H groups in total. The second kappa shape index (κ2) is 5.98. The number of halogens is 1. The van der Waals surface area contributed by atoms with E-state index in [9.17, 15) is 14.4 Å². The molecule has 0 bridgehead atoms. The van der Waals surface area contributed by atoms with Gasteiger partial charge in [-0.2, -0.15) is 0 Å². The topological polar surface area (TPSA) is 66.5 Å². The molecule has 2 aromatic rings. The Hall–Kier alpha value is -2.44. The minimum atomic E-state index is -0.790. The summed E-state index contributed by atoms with van der Waals surface area (Å²) in [5, 5.41) is 2.56. The summed E-state index contributed by atoms with van der Waals surface area (Å²) < 4.78 is 0. The molecule has 1 aromatic heterocycles. The minimum absolute atomic E-state index is 0.0913. The number of rotatable bonds is 2. The van der Waals surface area contributed by atoms with Crippen molar-refractivity contribution in [3.8, 4) is 0 Å². The quantitative estimate of drug-likeness (QED) is 0.669. The predicted octanol–water partition coefficient (Wildman–Crippen LogP) is 3.38. The SMILES string of the molecule is Cc1ccc(/C=C2\C(=O)NC(=O)N(c3cccc(Cl)c3)C2=O)s1. The molecule has 0 saturated carbocycles. The number of nitrogens with zero attached hydrogens (tertiary/aromatic N) is 1. The van der Waals surface area contributed by atoms with E-state index in [1.165, 1.54) is 23.5 Å². The van der Waals surface area contributed by atoms with E-state index in [1.807, 2.05) is 19.1 Å². The number of urea groups is 1. The fourth-order valence-electron chi connectivity index (χ4n) is 2.18. The van der Waals surface area contributed by atoms with Crippen molar-refractivity contribution in [2.24, 2.45) is 0 Å². The average Bonchev–Trinajstić information content (AvgIpc) is 2.89. The van der Waals surface area contributed by atoms with E-state index < -0.39 is 17.8 Å². The highest BCUT2D eigenvalue weighted by Crippen LogP contribution is 2.25. The van der Waals surface area contributed by atoms with Gasteiger partial charge in [-0.05, 0) is 43.3 Å². The van der Waals surface area contributed by atoms with Gasteiger partial charge in [-0.15, -0.1) is 11.3 Å². The number of hydrogen-bond acceptors (Lipinski definition) is 4. The van der Waals surface area contributed by atoms with Gasteiger partial charge < -0.3 is 0 Å². The second-order valence-corrected chi connectivity index (χ2v) is 6.64. The van der Waals surface area contributed by atoms with E-state index in [0.29, 0.717) is 10.7 Å². The van der Waals surface area contributed by atoms with Crippen molar-refractivity contribution < 1.29 is 14.4 Å². The fraction of sp³-hybridized carbons (Fsp3) is 0.0625. The van der Waals surface area contributed by atoms with Gasteiger partial charge in [-0.25, -0.2) is 9.69 Å². The first kappa shape index (κ1) is 15.5. The number of amides is 4. The molecular formula is C16H11ClN2O3S. The van der Waals surface area contributed by atoms with Gasteiger partial charge in [-0.1, -0.05) is 17.7 Å². The number of carbonyl (C=O) groups excluding carboxylic acids is 3. The summed E-state index contributed by atoms with van der Waals surface area (Å²) in [6.07, 6.45) is 1.49. The number of imide groups is 2. The van der Waals surface area contributed by atoms with Gasteiger partial charge >= 0.3 is 6.03 Å². The molecule has 1 aliphatic heterocycles. The number of nitrogens with one attached hydrogen (secondary N) is 1. The van der Waals surface area contributed by atoms with Crippen LogP contribution in [0.4, 0.5) is 10.5 Å². The van der Waals surface area contributed by atoms with Crippen molar-refractivity contribution in [2.45, 2.75) is 6.92 Å². The fourth-order valence-corrected chi connectivity index (χ4v) is 3.19. The van der Waals surface area contributed by atoms with Crippen LogP contribution in [0.2, 0.25) is 5.02 Å². The van der Waals surface area contributed by atoms with Crippen LogP contribution in [0.5, 0.6) is 0 Å². The van der Waals surface area contributed by atoms with Crippen molar-refractivity contribution in [3.05, 3.63) is 56.7 Å². The lowest BCUT2D eigenvalue weighted by atomic mass is 10.1. The summed E-state index contributed by atoms with van der Waals surface area (Å²) in [4.78, 5) is 39.4. The van der Waals surface area contributed by atoms with Gasteiger partial charge in [0.2, 0.25) is 0 Å². The molecule has 1 aliphatic rings. The summed E-state index contributed by atoms with van der Waals surface area (Å²) in [6, 6.07) is 9.24. The molecular weight excluding hydrogens is 336 g/mol. The maximum Gasteiger partial charge on any atom is 0.335 e. The minimum Gasteiger partial charge on any atom is -0.273 e. The Morgan fingerprint density at radius 3 is 2.61 bits per heavy atom. The van der Waals surface area contributed by atoms with Crippen LogP contribution in [0.1, 0.15) is 9.75 Å². The van der Waals surface area contributed by atoms with E-state index >= 15 is 0 Å². The van der Waals surface area contributed by atoms with E-state index in [0.717, 1.165) is 14.7 Å². The van der Waals surface area contributed by atoms with Crippen LogP contribution < -0.4 is 10.2 Å². The Kier molecular flexibility index (Phi) is 4.02. The molecule has 0 aliphatic carbocycles. The molecule has 116 valence electrons. The Bertz CT molecular complexity index is 857. The van der Waals surface area contributed by atoms with Crippen molar-refractivity contribution in [1.82, 2.24) is 5.32 Å². The third-order valence-corrected chi connectivity index (χ3v) is 4.40. The summed E-state index contributed by atoms with van der Waals surface area (Å²) in [7, 11) is 0. The molecule has 1 fully saturated rings. The molecule has 4 amide bonds. The molecule has 2 heterocycles. The Morgan fingerprint density at radius 1 is 1.17 bits per heavy atom. The van der Waals surface area contributed by atoms with Gasteiger partial charge in [0, 0.05) is 14.8 Å². The first-order valence-corrected chi connectivity index (χ1v) is 7.88. The number of carbonyl (C=O) groups is 3. The first-order chi connectivity index (χ1) is 11.0. The third kappa shape index (κ3) is 3.04. The lowest BCUT2D eigenvalue weighted by molar-refractivity contribution is -0.122. The number of thiophene rings is 1. The van der Waals surface area contributed by atoms with Crippen LogP contribution >= 0.6 is 22.9 Å². The highest BCUT2D eigenvalue weighted by molar-refractivity contribution is 7.12. The maximum atomic E-state index is 12.6. The Labute approximate surface area is 141 Å². The first-order valence-electron chi connectivity index (χ1n) is 6.69. The van der Waals surface area contributed by atoms with Crippen LogP contribution in [0, 0.1) is 6.92 Å². The summed E-state index contributed by atoms with van der Waals surface area (Å²) in [6.45, 7) is 1.93. The van der Waals surface area contributed by atoms with E-state index in [-0.39, 0.29) is 5.57 Å². The monoisotopic (exact) mass is 346 g/mol. The average molecular weight is 347 g/mol. The Balaban J connectivity index is 2.02. The van der Waals surface area contributed by atoms with Gasteiger partial charge in [0.1, 0.15) is 5.57 Å². The summed E-state index contributed by atoms with van der Waals surface area (Å²) in [5.74, 6) is -1.38. The van der Waals surface area contributed by atoms with Gasteiger partial charge in [0.05, 0.1) is 5.69 Å². The normalized spacial score (nSPS) is 16.9. The number of anilines is 1. The van der Waals surface area contributed by atoms with Gasteiger partial charge in [-0.3, -0.25) is 14.9 Å². The van der Waals surface area contributed by atoms with Crippen LogP contribution in [0.25, 0.3) is 6.08 Å². The zero-order chi connectivity index (χ0) is 16.6. The standard InChI is InChI=1S/C16H11ClN2O3S/c1-9-5-6-12(23-9)8-13-14(20)18-16(22)19(15(13)21)11-4-2-3-10(17)7-11/h2-8H,1H3,(H,18,20,22)/b13-8+. The zero-order valence-electron chi connectivity index (χ0n) is 12.0. The highest BCUT2D eigenvalue weighted by atomic mass is 35.5. The van der Waals surface area contributed by atoms with Crippen molar-refractivity contribution in [2.75, 3.05) is 4.90 Å². The maximum absolute atomic E-state index is 12.6. The molecule has 0 atom stereocenters. The number of hydrogen-bond donors (Lipinski definition) is 1. The van der Waals surface area contributed by atoms with Crippen molar-refractivity contribution in [1.29, 1.82) is 0 Å². The van der Waals surface area contributed by atoms with Gasteiger partial charge in [0.15, 0.2) is 0 Å². The van der Waals surface area contributed by atoms with Crippen molar-refractivity contribution in [3.63, 3.8) is 0 Å². The van der Waals surface area contributed by atoms with E-state index in [4.69, 9.17) is 11.6 Å². The van der Waals surface area contributed by atoms with Crippen LogP contribution in [-0.2, 0) is 9.59 Å². The molecule has 1 saturated heterocycles. The largest absolute Gasteiger partial charge is 0.335 e. The number of barbiturate groups is 1. The number of benzene rings is 1. The zero-order valence-corrected chi connectivity index (χ0v) is 13.6. The summed E-state index contributed by atoms with van der Waals surface area (Å²) >= 11 is 7.36. The molecule has 0 radical (unpaired) electrons. The second-order valence-electron chi connectivity index (χ2n) is 4.89. The van der Waals surface area contributed by atoms with Gasteiger partial charge in [0.25, 0.3) is 11.8 Å². The molecule has 0 unspecified atom stereocenters. The van der Waals surface area contributed by atoms with Crippen LogP contribution in [-0.4, -0.2) is 17.8 Å². The van der Waals surface area contributed by atoms with Crippen LogP contribution in [0.15, 0.2) is 42.0 Å². The summed E-state index contributed by atoms with van der Waals surface area (Å²) in [5.41, 5.74) is 0.215. The van der Waals surface area contributed by atoms with Crippen molar-refractivity contribution >= 4 is 52.5 Å². The molecule has 7 heteroatoms. The van der Waals surface area contributed by atoms with Crippen LogP contribution in [0.3, 0.4) is 0 Å². The lowest BCUT2D eigenvalue weighted by Crippen LogP contribution is -2.54. The van der Waals surface area contributed by atoms with E-state index in [1.54, 1.807) is 18.2 Å². The molecule has 5 nitrogen and oxygen atoms in total. The Morgan fingerprint density at radius 2 is 1.96 bits per heavy atom. The molecule has 0 spiro atoms. The lowest BCUT2D eigenvalue weighted by Gasteiger charge is -2.26. The highest BCUT2D eigenvalue weighted by Gasteiger charge is 2.36. The molecule has 3 rings (SSSR count).